The summed E-state index contributed by atoms with van der Waals surface area (Å²) in [6.07, 6.45) is 0. The molecule has 0 aliphatic carbocycles. The Bertz CT molecular complexity index is 1250. The van der Waals surface area contributed by atoms with Gasteiger partial charge in [0.25, 0.3) is 5.56 Å². The largest absolute Gasteiger partial charge is 0.383 e. The lowest BCUT2D eigenvalue weighted by Gasteiger charge is -2.21. The van der Waals surface area contributed by atoms with Crippen molar-refractivity contribution >= 4 is 22.5 Å². The maximum Gasteiger partial charge on any atom is 0.255 e. The Morgan fingerprint density at radius 2 is 1.69 bits per heavy atom. The van der Waals surface area contributed by atoms with E-state index >= 15 is 0 Å². The summed E-state index contributed by atoms with van der Waals surface area (Å²) in [5.74, 6) is 0. The van der Waals surface area contributed by atoms with Gasteiger partial charge in [0.1, 0.15) is 0 Å². The number of hydrogen-bond acceptors (Lipinski definition) is 3. The van der Waals surface area contributed by atoms with Gasteiger partial charge < -0.3 is 14.6 Å². The zero-order chi connectivity index (χ0) is 22.5. The number of nitrogens with one attached hydrogen (secondary N) is 1. The van der Waals surface area contributed by atoms with Crippen LogP contribution < -0.4 is 10.9 Å². The van der Waals surface area contributed by atoms with E-state index in [1.807, 2.05) is 65.2 Å². The maximum absolute atomic E-state index is 13.4. The quantitative estimate of drug-likeness (QED) is 0.389. The maximum atomic E-state index is 13.4. The molecule has 0 saturated heterocycles. The summed E-state index contributed by atoms with van der Waals surface area (Å²) in [7, 11) is 1.65. The highest BCUT2D eigenvalue weighted by atomic mass is 35.5. The average molecular weight is 447 g/mol. The highest BCUT2D eigenvalue weighted by Crippen LogP contribution is 2.24. The smallest absolute Gasteiger partial charge is 0.255 e. The van der Waals surface area contributed by atoms with Crippen LogP contribution in [0.25, 0.3) is 10.9 Å². The summed E-state index contributed by atoms with van der Waals surface area (Å²) in [6.45, 7) is 3.50. The molecule has 32 heavy (non-hydrogen) atoms. The van der Waals surface area contributed by atoms with Gasteiger partial charge >= 0.3 is 0 Å². The highest BCUT2D eigenvalue weighted by molar-refractivity contribution is 6.30. The van der Waals surface area contributed by atoms with Crippen molar-refractivity contribution in [2.45, 2.75) is 26.1 Å². The summed E-state index contributed by atoms with van der Waals surface area (Å²) in [5.41, 5.74) is 5.06. The fourth-order valence-electron chi connectivity index (χ4n) is 4.04. The zero-order valence-corrected chi connectivity index (χ0v) is 19.1. The average Bonchev–Trinajstić information content (AvgIpc) is 2.81. The Labute approximate surface area is 193 Å². The van der Waals surface area contributed by atoms with Gasteiger partial charge in [0.15, 0.2) is 0 Å². The van der Waals surface area contributed by atoms with Gasteiger partial charge in [-0.25, -0.2) is 0 Å². The molecule has 5 heteroatoms. The summed E-state index contributed by atoms with van der Waals surface area (Å²) >= 11 is 6.11. The van der Waals surface area contributed by atoms with Crippen LogP contribution in [-0.4, -0.2) is 18.3 Å². The summed E-state index contributed by atoms with van der Waals surface area (Å²) in [6, 6.07) is 26.2. The van der Waals surface area contributed by atoms with Crippen LogP contribution in [0, 0.1) is 6.92 Å². The zero-order valence-electron chi connectivity index (χ0n) is 18.3. The molecule has 3 aromatic carbocycles. The third-order valence-corrected chi connectivity index (χ3v) is 5.93. The Hall–Kier alpha value is -2.92. The number of methoxy groups -OCH3 is 1. The van der Waals surface area contributed by atoms with Crippen molar-refractivity contribution in [2.75, 3.05) is 13.7 Å². The fourth-order valence-corrected chi connectivity index (χ4v) is 4.17. The molecule has 0 fully saturated rings. The molecule has 4 nitrogen and oxygen atoms in total. The van der Waals surface area contributed by atoms with Crippen molar-refractivity contribution in [3.63, 3.8) is 0 Å². The van der Waals surface area contributed by atoms with Crippen molar-refractivity contribution in [2.24, 2.45) is 0 Å². The second-order valence-corrected chi connectivity index (χ2v) is 8.39. The number of aromatic nitrogens is 1. The monoisotopic (exact) mass is 446 g/mol. The van der Waals surface area contributed by atoms with E-state index in [2.05, 4.69) is 30.4 Å². The number of ether oxygens (including phenoxy) is 1. The van der Waals surface area contributed by atoms with Crippen LogP contribution in [0.3, 0.4) is 0 Å². The molecule has 0 saturated carbocycles. The minimum atomic E-state index is -0.0616. The summed E-state index contributed by atoms with van der Waals surface area (Å²) in [5, 5.41) is 5.36. The third-order valence-electron chi connectivity index (χ3n) is 5.68. The molecule has 1 N–H and O–H groups in total. The summed E-state index contributed by atoms with van der Waals surface area (Å²) in [4.78, 5) is 13.4. The van der Waals surface area contributed by atoms with Gasteiger partial charge in [-0.2, -0.15) is 0 Å². The van der Waals surface area contributed by atoms with Crippen LogP contribution in [0.5, 0.6) is 0 Å². The van der Waals surface area contributed by atoms with Crippen molar-refractivity contribution < 1.29 is 4.74 Å². The lowest BCUT2D eigenvalue weighted by Crippen LogP contribution is -2.30. The minimum Gasteiger partial charge on any atom is -0.383 e. The number of aryl methyl sites for hydroxylation is 1. The van der Waals surface area contributed by atoms with Crippen molar-refractivity contribution in [3.05, 3.63) is 116 Å². The number of hydrogen-bond donors (Lipinski definition) is 1. The molecule has 0 spiro atoms. The SMILES string of the molecule is COCCn1c(=O)c(CNC(c2ccccc2)c2ccc(Cl)cc2)cc2cc(C)ccc21. The lowest BCUT2D eigenvalue weighted by molar-refractivity contribution is 0.187. The number of fused-ring (bicyclic) bond motifs is 1. The van der Waals surface area contributed by atoms with Crippen LogP contribution in [0.2, 0.25) is 5.02 Å². The van der Waals surface area contributed by atoms with Crippen molar-refractivity contribution in [1.82, 2.24) is 9.88 Å². The van der Waals surface area contributed by atoms with E-state index in [0.717, 1.165) is 33.2 Å². The van der Waals surface area contributed by atoms with Gasteiger partial charge in [-0.1, -0.05) is 65.7 Å². The van der Waals surface area contributed by atoms with E-state index in [0.29, 0.717) is 24.7 Å². The van der Waals surface area contributed by atoms with E-state index in [1.54, 1.807) is 7.11 Å². The second kappa shape index (κ2) is 10.1. The van der Waals surface area contributed by atoms with Crippen molar-refractivity contribution in [3.8, 4) is 0 Å². The normalized spacial score (nSPS) is 12.2. The molecule has 0 aliphatic heterocycles. The molecule has 1 atom stereocenters. The number of pyridine rings is 1. The Morgan fingerprint density at radius 1 is 0.969 bits per heavy atom. The molecule has 4 aromatic rings. The predicted octanol–water partition coefficient (Wildman–Crippen LogP) is 5.49. The Kier molecular flexibility index (Phi) is 7.05. The van der Waals surface area contributed by atoms with E-state index in [1.165, 1.54) is 0 Å². The van der Waals surface area contributed by atoms with Gasteiger partial charge in [0, 0.05) is 30.8 Å². The molecule has 164 valence electrons. The molecule has 4 rings (SSSR count). The van der Waals surface area contributed by atoms with Crippen LogP contribution in [-0.2, 0) is 17.8 Å². The van der Waals surface area contributed by atoms with Crippen molar-refractivity contribution in [1.29, 1.82) is 0 Å². The number of rotatable bonds is 8. The first-order chi connectivity index (χ1) is 15.6. The molecule has 1 heterocycles. The van der Waals surface area contributed by atoms with E-state index in [4.69, 9.17) is 16.3 Å². The van der Waals surface area contributed by atoms with Crippen LogP contribution in [0.1, 0.15) is 28.3 Å². The minimum absolute atomic E-state index is 0.00817. The van der Waals surface area contributed by atoms with E-state index in [-0.39, 0.29) is 11.6 Å². The van der Waals surface area contributed by atoms with Gasteiger partial charge in [0.05, 0.1) is 18.2 Å². The molecule has 0 aliphatic rings. The number of nitrogens with zero attached hydrogens (tertiary/aromatic N) is 1. The van der Waals surface area contributed by atoms with E-state index in [9.17, 15) is 4.79 Å². The molecular formula is C27H27ClN2O2. The molecule has 0 amide bonds. The van der Waals surface area contributed by atoms with Crippen LogP contribution >= 0.6 is 11.6 Å². The number of halogens is 1. The van der Waals surface area contributed by atoms with Gasteiger partial charge in [0.2, 0.25) is 0 Å². The van der Waals surface area contributed by atoms with Crippen LogP contribution in [0.4, 0.5) is 0 Å². The van der Waals surface area contributed by atoms with Gasteiger partial charge in [-0.3, -0.25) is 4.79 Å². The van der Waals surface area contributed by atoms with Gasteiger partial charge in [-0.05, 0) is 53.8 Å². The first-order valence-electron chi connectivity index (χ1n) is 10.7. The second-order valence-electron chi connectivity index (χ2n) is 7.96. The third kappa shape index (κ3) is 4.94. The first-order valence-corrected chi connectivity index (χ1v) is 11.1. The topological polar surface area (TPSA) is 43.3 Å². The summed E-state index contributed by atoms with van der Waals surface area (Å²) < 4.78 is 7.07. The fraction of sp³-hybridized carbons (Fsp3) is 0.222. The Morgan fingerprint density at radius 3 is 2.41 bits per heavy atom. The van der Waals surface area contributed by atoms with E-state index < -0.39 is 0 Å². The lowest BCUT2D eigenvalue weighted by atomic mass is 9.98. The first kappa shape index (κ1) is 22.3. The van der Waals surface area contributed by atoms with Gasteiger partial charge in [-0.15, -0.1) is 0 Å². The highest BCUT2D eigenvalue weighted by Gasteiger charge is 2.16. The molecular weight excluding hydrogens is 420 g/mol. The molecule has 0 bridgehead atoms. The predicted molar refractivity (Wildman–Crippen MR) is 131 cm³/mol. The molecule has 1 unspecified atom stereocenters. The van der Waals surface area contributed by atoms with Crippen LogP contribution in [0.15, 0.2) is 83.7 Å². The standard InChI is InChI=1S/C27H27ClN2O2/c1-19-8-13-25-22(16-19)17-23(27(31)30(25)14-15-32-2)18-29-26(20-6-4-3-5-7-20)21-9-11-24(28)12-10-21/h3-13,16-17,26,29H,14-15,18H2,1-2H3. The number of benzene rings is 3. The Balaban J connectivity index is 1.71. The molecule has 0 radical (unpaired) electrons. The molecule has 1 aromatic heterocycles.